The highest BCUT2D eigenvalue weighted by Gasteiger charge is 2.18. The Labute approximate surface area is 107 Å². The molecule has 0 saturated heterocycles. The van der Waals surface area contributed by atoms with Gasteiger partial charge in [-0.15, -0.1) is 0 Å². The molecule has 0 heterocycles. The van der Waals surface area contributed by atoms with E-state index in [0.717, 1.165) is 6.07 Å². The summed E-state index contributed by atoms with van der Waals surface area (Å²) in [5, 5.41) is 0. The number of sulfonamides is 1. The lowest BCUT2D eigenvalue weighted by atomic mass is 9.94. The monoisotopic (exact) mass is 274 g/mol. The van der Waals surface area contributed by atoms with E-state index >= 15 is 0 Å². The van der Waals surface area contributed by atoms with Gasteiger partial charge in [-0.2, -0.15) is 0 Å². The standard InChI is InChI=1S/C12H19FN2O2S/c1-12(2,3)6-7-18(16,17)15-11-5-4-9(14)8-10(11)13/h4-5,8,15H,6-7,14H2,1-3H3. The minimum Gasteiger partial charge on any atom is -0.399 e. The normalized spacial score (nSPS) is 12.4. The summed E-state index contributed by atoms with van der Waals surface area (Å²) in [6.45, 7) is 5.85. The quantitative estimate of drug-likeness (QED) is 0.829. The Morgan fingerprint density at radius 1 is 1.33 bits per heavy atom. The number of anilines is 2. The van der Waals surface area contributed by atoms with E-state index in [1.807, 2.05) is 20.8 Å². The van der Waals surface area contributed by atoms with Gasteiger partial charge in [0.25, 0.3) is 0 Å². The van der Waals surface area contributed by atoms with Crippen LogP contribution in [-0.4, -0.2) is 14.2 Å². The Morgan fingerprint density at radius 3 is 2.44 bits per heavy atom. The summed E-state index contributed by atoms with van der Waals surface area (Å²) in [6, 6.07) is 3.85. The van der Waals surface area contributed by atoms with E-state index in [1.165, 1.54) is 12.1 Å². The van der Waals surface area contributed by atoms with E-state index < -0.39 is 15.8 Å². The SMILES string of the molecule is CC(C)(C)CCS(=O)(=O)Nc1ccc(N)cc1F. The van der Waals surface area contributed by atoms with Gasteiger partial charge in [0.15, 0.2) is 0 Å². The molecule has 0 radical (unpaired) electrons. The third kappa shape index (κ3) is 4.91. The van der Waals surface area contributed by atoms with Crippen LogP contribution in [0.5, 0.6) is 0 Å². The molecule has 4 nitrogen and oxygen atoms in total. The summed E-state index contributed by atoms with van der Waals surface area (Å²) in [7, 11) is -3.53. The molecule has 0 bridgehead atoms. The second-order valence-corrected chi connectivity index (χ2v) is 7.31. The van der Waals surface area contributed by atoms with Crippen LogP contribution in [0.2, 0.25) is 0 Å². The van der Waals surface area contributed by atoms with Gasteiger partial charge in [0.05, 0.1) is 11.4 Å². The molecule has 1 aromatic rings. The van der Waals surface area contributed by atoms with Gasteiger partial charge < -0.3 is 5.73 Å². The molecule has 0 fully saturated rings. The minimum absolute atomic E-state index is 0.0414. The molecule has 1 aromatic carbocycles. The molecule has 0 amide bonds. The number of nitrogens with two attached hydrogens (primary N) is 1. The first-order valence-corrected chi connectivity index (χ1v) is 7.30. The first-order valence-electron chi connectivity index (χ1n) is 5.65. The zero-order valence-corrected chi connectivity index (χ0v) is 11.6. The van der Waals surface area contributed by atoms with Gasteiger partial charge in [-0.3, -0.25) is 4.72 Å². The second-order valence-electron chi connectivity index (χ2n) is 5.47. The van der Waals surface area contributed by atoms with Crippen molar-refractivity contribution in [2.45, 2.75) is 27.2 Å². The van der Waals surface area contributed by atoms with Crippen LogP contribution < -0.4 is 10.5 Å². The first-order chi connectivity index (χ1) is 8.09. The summed E-state index contributed by atoms with van der Waals surface area (Å²) in [5.41, 5.74) is 5.48. The van der Waals surface area contributed by atoms with Gasteiger partial charge in [0.2, 0.25) is 10.0 Å². The number of nitrogens with one attached hydrogen (secondary N) is 1. The lowest BCUT2D eigenvalue weighted by molar-refractivity contribution is 0.397. The van der Waals surface area contributed by atoms with Crippen molar-refractivity contribution in [3.63, 3.8) is 0 Å². The van der Waals surface area contributed by atoms with Crippen LogP contribution >= 0.6 is 0 Å². The summed E-state index contributed by atoms with van der Waals surface area (Å²) in [6.07, 6.45) is 0.499. The Morgan fingerprint density at radius 2 is 1.94 bits per heavy atom. The highest BCUT2D eigenvalue weighted by atomic mass is 32.2. The van der Waals surface area contributed by atoms with Crippen LogP contribution in [0.15, 0.2) is 18.2 Å². The Bertz CT molecular complexity index is 521. The predicted molar refractivity (Wildman–Crippen MR) is 72.3 cm³/mol. The maximum Gasteiger partial charge on any atom is 0.232 e. The van der Waals surface area contributed by atoms with Crippen molar-refractivity contribution in [1.29, 1.82) is 0 Å². The van der Waals surface area contributed by atoms with E-state index in [-0.39, 0.29) is 22.5 Å². The van der Waals surface area contributed by atoms with Crippen molar-refractivity contribution in [3.8, 4) is 0 Å². The highest BCUT2D eigenvalue weighted by molar-refractivity contribution is 7.92. The smallest absolute Gasteiger partial charge is 0.232 e. The summed E-state index contributed by atoms with van der Waals surface area (Å²) >= 11 is 0. The second kappa shape index (κ2) is 5.14. The lowest BCUT2D eigenvalue weighted by Crippen LogP contribution is -2.21. The molecule has 0 aliphatic rings. The highest BCUT2D eigenvalue weighted by Crippen LogP contribution is 2.22. The van der Waals surface area contributed by atoms with E-state index in [2.05, 4.69) is 4.72 Å². The van der Waals surface area contributed by atoms with Crippen molar-refractivity contribution in [2.24, 2.45) is 5.41 Å². The fourth-order valence-electron chi connectivity index (χ4n) is 1.27. The van der Waals surface area contributed by atoms with Gasteiger partial charge in [-0.1, -0.05) is 20.8 Å². The molecule has 0 aliphatic heterocycles. The topological polar surface area (TPSA) is 72.2 Å². The number of hydrogen-bond acceptors (Lipinski definition) is 3. The third-order valence-corrected chi connectivity index (χ3v) is 3.65. The molecule has 6 heteroatoms. The number of rotatable bonds is 4. The van der Waals surface area contributed by atoms with E-state index in [0.29, 0.717) is 6.42 Å². The number of benzene rings is 1. The van der Waals surface area contributed by atoms with Crippen LogP contribution in [0.3, 0.4) is 0 Å². The molecule has 102 valence electrons. The van der Waals surface area contributed by atoms with Crippen molar-refractivity contribution < 1.29 is 12.8 Å². The molecule has 3 N–H and O–H groups in total. The summed E-state index contributed by atoms with van der Waals surface area (Å²) < 4.78 is 39.2. The van der Waals surface area contributed by atoms with Crippen LogP contribution in [-0.2, 0) is 10.0 Å². The Hall–Kier alpha value is -1.30. The van der Waals surface area contributed by atoms with E-state index in [4.69, 9.17) is 5.73 Å². The van der Waals surface area contributed by atoms with Crippen LogP contribution in [0, 0.1) is 11.2 Å². The zero-order chi connectivity index (χ0) is 14.0. The summed E-state index contributed by atoms with van der Waals surface area (Å²) in [4.78, 5) is 0. The van der Waals surface area contributed by atoms with Gasteiger partial charge in [0, 0.05) is 5.69 Å². The van der Waals surface area contributed by atoms with Gasteiger partial charge in [-0.25, -0.2) is 12.8 Å². The maximum absolute atomic E-state index is 13.4. The number of hydrogen-bond donors (Lipinski definition) is 2. The molecular formula is C12H19FN2O2S. The van der Waals surface area contributed by atoms with Crippen molar-refractivity contribution in [2.75, 3.05) is 16.2 Å². The average molecular weight is 274 g/mol. The fourth-order valence-corrected chi connectivity index (χ4v) is 2.76. The van der Waals surface area contributed by atoms with Gasteiger partial charge in [0.1, 0.15) is 5.82 Å². The fraction of sp³-hybridized carbons (Fsp3) is 0.500. The molecule has 0 atom stereocenters. The Kier molecular flexibility index (Phi) is 4.21. The largest absolute Gasteiger partial charge is 0.399 e. The molecule has 0 unspecified atom stereocenters. The third-order valence-electron chi connectivity index (χ3n) is 2.38. The number of nitrogen functional groups attached to an aromatic ring is 1. The Balaban J connectivity index is 2.77. The maximum atomic E-state index is 13.4. The zero-order valence-electron chi connectivity index (χ0n) is 10.8. The molecule has 0 aromatic heterocycles. The molecule has 1 rings (SSSR count). The van der Waals surface area contributed by atoms with Crippen molar-refractivity contribution >= 4 is 21.4 Å². The van der Waals surface area contributed by atoms with E-state index in [1.54, 1.807) is 0 Å². The van der Waals surface area contributed by atoms with Crippen molar-refractivity contribution in [3.05, 3.63) is 24.0 Å². The molecule has 0 saturated carbocycles. The van der Waals surface area contributed by atoms with Crippen molar-refractivity contribution in [1.82, 2.24) is 0 Å². The molecular weight excluding hydrogens is 255 g/mol. The molecule has 18 heavy (non-hydrogen) atoms. The molecule has 0 spiro atoms. The minimum atomic E-state index is -3.53. The van der Waals surface area contributed by atoms with Gasteiger partial charge in [-0.05, 0) is 30.0 Å². The van der Waals surface area contributed by atoms with Crippen LogP contribution in [0.1, 0.15) is 27.2 Å². The lowest BCUT2D eigenvalue weighted by Gasteiger charge is -2.18. The molecule has 0 aliphatic carbocycles. The number of halogens is 1. The first kappa shape index (κ1) is 14.8. The average Bonchev–Trinajstić information content (AvgIpc) is 2.19. The summed E-state index contributed by atoms with van der Waals surface area (Å²) in [5.74, 6) is -0.713. The van der Waals surface area contributed by atoms with Crippen LogP contribution in [0.25, 0.3) is 0 Å². The van der Waals surface area contributed by atoms with Gasteiger partial charge >= 0.3 is 0 Å². The van der Waals surface area contributed by atoms with E-state index in [9.17, 15) is 12.8 Å². The van der Waals surface area contributed by atoms with Crippen LogP contribution in [0.4, 0.5) is 15.8 Å². The predicted octanol–water partition coefficient (Wildman–Crippen LogP) is 2.59.